The number of para-hydroxylation sites is 1. The molecule has 2 aliphatic heterocycles. The Morgan fingerprint density at radius 3 is 3.05 bits per heavy atom. The van der Waals surface area contributed by atoms with Crippen LogP contribution in [0, 0.1) is 0 Å². The number of benzene rings is 1. The van der Waals surface area contributed by atoms with Crippen LogP contribution >= 0.6 is 0 Å². The van der Waals surface area contributed by atoms with E-state index in [2.05, 4.69) is 23.6 Å². The fraction of sp³-hybridized carbons (Fsp3) is 0.562. The minimum absolute atomic E-state index is 0.108. The van der Waals surface area contributed by atoms with Crippen molar-refractivity contribution in [3.63, 3.8) is 0 Å². The highest BCUT2D eigenvalue weighted by atomic mass is 16.5. The van der Waals surface area contributed by atoms with Crippen LogP contribution in [0.25, 0.3) is 0 Å². The predicted octanol–water partition coefficient (Wildman–Crippen LogP) is 2.10. The van der Waals surface area contributed by atoms with E-state index < -0.39 is 0 Å². The minimum atomic E-state index is -0.108. The molecule has 1 fully saturated rings. The van der Waals surface area contributed by atoms with E-state index in [9.17, 15) is 4.79 Å². The highest BCUT2D eigenvalue weighted by molar-refractivity contribution is 5.85. The number of hydrogen-bond acceptors (Lipinski definition) is 3. The van der Waals surface area contributed by atoms with Crippen molar-refractivity contribution in [2.24, 2.45) is 0 Å². The molecule has 1 aromatic rings. The predicted molar refractivity (Wildman–Crippen MR) is 78.8 cm³/mol. The lowest BCUT2D eigenvalue weighted by atomic mass is 9.97. The number of ether oxygens (including phenoxy) is 1. The number of carbonyl (C=O) groups is 1. The summed E-state index contributed by atoms with van der Waals surface area (Å²) in [7, 11) is 0. The maximum atomic E-state index is 12.4. The van der Waals surface area contributed by atoms with Gasteiger partial charge in [-0.25, -0.2) is 0 Å². The molecular formula is C16H22N2O2. The van der Waals surface area contributed by atoms with Crippen molar-refractivity contribution >= 4 is 11.6 Å². The maximum Gasteiger partial charge on any atom is 0.242 e. The second-order valence-corrected chi connectivity index (χ2v) is 5.80. The van der Waals surface area contributed by atoms with Gasteiger partial charge in [0.15, 0.2) is 0 Å². The number of carbonyl (C=O) groups excluding carboxylic acids is 1. The molecule has 1 aromatic carbocycles. The smallest absolute Gasteiger partial charge is 0.242 e. The van der Waals surface area contributed by atoms with Crippen molar-refractivity contribution in [1.29, 1.82) is 0 Å². The first-order valence-corrected chi connectivity index (χ1v) is 7.49. The van der Waals surface area contributed by atoms with E-state index >= 15 is 0 Å². The van der Waals surface area contributed by atoms with Gasteiger partial charge in [-0.1, -0.05) is 18.2 Å². The molecule has 0 radical (unpaired) electrons. The molecule has 0 aliphatic carbocycles. The van der Waals surface area contributed by atoms with Crippen molar-refractivity contribution in [1.82, 2.24) is 5.32 Å². The summed E-state index contributed by atoms with van der Waals surface area (Å²) in [6.07, 6.45) is 3.90. The van der Waals surface area contributed by atoms with Gasteiger partial charge in [-0.2, -0.15) is 0 Å². The van der Waals surface area contributed by atoms with Crippen LogP contribution in [0.1, 0.15) is 31.7 Å². The van der Waals surface area contributed by atoms with E-state index in [0.717, 1.165) is 38.0 Å². The molecule has 3 rings (SSSR count). The van der Waals surface area contributed by atoms with Gasteiger partial charge in [-0.05, 0) is 44.2 Å². The molecule has 2 heterocycles. The number of nitrogens with one attached hydrogen (secondary N) is 2. The molecule has 0 saturated carbocycles. The average molecular weight is 274 g/mol. The van der Waals surface area contributed by atoms with Gasteiger partial charge >= 0.3 is 0 Å². The van der Waals surface area contributed by atoms with Gasteiger partial charge in [0.2, 0.25) is 5.91 Å². The van der Waals surface area contributed by atoms with E-state index in [1.807, 2.05) is 18.2 Å². The fourth-order valence-corrected chi connectivity index (χ4v) is 3.07. The summed E-state index contributed by atoms with van der Waals surface area (Å²) in [6, 6.07) is 8.37. The van der Waals surface area contributed by atoms with Gasteiger partial charge in [-0.3, -0.25) is 4.79 Å². The van der Waals surface area contributed by atoms with E-state index in [0.29, 0.717) is 0 Å². The summed E-state index contributed by atoms with van der Waals surface area (Å²) in [5, 5.41) is 6.52. The summed E-state index contributed by atoms with van der Waals surface area (Å²) in [5.41, 5.74) is 2.40. The van der Waals surface area contributed by atoms with E-state index in [1.54, 1.807) is 0 Å². The molecule has 20 heavy (non-hydrogen) atoms. The molecule has 2 aliphatic rings. The van der Waals surface area contributed by atoms with Crippen LogP contribution in [0.4, 0.5) is 5.69 Å². The van der Waals surface area contributed by atoms with Gasteiger partial charge in [-0.15, -0.1) is 0 Å². The second-order valence-electron chi connectivity index (χ2n) is 5.80. The Morgan fingerprint density at radius 1 is 1.35 bits per heavy atom. The Balaban J connectivity index is 1.59. The zero-order chi connectivity index (χ0) is 13.9. The SMILES string of the molecule is CC1CC(NC(=O)C2CCc3ccccc3N2)CCO1. The highest BCUT2D eigenvalue weighted by Gasteiger charge is 2.27. The summed E-state index contributed by atoms with van der Waals surface area (Å²) < 4.78 is 5.51. The highest BCUT2D eigenvalue weighted by Crippen LogP contribution is 2.24. The van der Waals surface area contributed by atoms with Crippen molar-refractivity contribution in [3.8, 4) is 0 Å². The van der Waals surface area contributed by atoms with Gasteiger partial charge in [0.1, 0.15) is 6.04 Å². The molecule has 108 valence electrons. The zero-order valence-corrected chi connectivity index (χ0v) is 11.9. The Hall–Kier alpha value is -1.55. The summed E-state index contributed by atoms with van der Waals surface area (Å²) in [5.74, 6) is 0.124. The summed E-state index contributed by atoms with van der Waals surface area (Å²) in [4.78, 5) is 12.4. The van der Waals surface area contributed by atoms with Crippen molar-refractivity contribution < 1.29 is 9.53 Å². The van der Waals surface area contributed by atoms with Gasteiger partial charge in [0.05, 0.1) is 6.10 Å². The number of fused-ring (bicyclic) bond motifs is 1. The Kier molecular flexibility index (Phi) is 3.92. The average Bonchev–Trinajstić information content (AvgIpc) is 2.47. The molecule has 4 nitrogen and oxygen atoms in total. The Morgan fingerprint density at radius 2 is 2.20 bits per heavy atom. The first-order valence-electron chi connectivity index (χ1n) is 7.49. The lowest BCUT2D eigenvalue weighted by Gasteiger charge is -2.31. The number of hydrogen-bond donors (Lipinski definition) is 2. The lowest BCUT2D eigenvalue weighted by molar-refractivity contribution is -0.123. The third-order valence-electron chi connectivity index (χ3n) is 4.20. The molecule has 1 saturated heterocycles. The first-order chi connectivity index (χ1) is 9.72. The summed E-state index contributed by atoms with van der Waals surface area (Å²) >= 11 is 0. The molecule has 4 heteroatoms. The van der Waals surface area contributed by atoms with Gasteiger partial charge < -0.3 is 15.4 Å². The normalized spacial score (nSPS) is 29.1. The standard InChI is InChI=1S/C16H22N2O2/c1-11-10-13(8-9-20-11)17-16(19)15-7-6-12-4-2-3-5-14(12)18-15/h2-5,11,13,15,18H,6-10H2,1H3,(H,17,19). The van der Waals surface area contributed by atoms with Crippen LogP contribution in [0.15, 0.2) is 24.3 Å². The maximum absolute atomic E-state index is 12.4. The first kappa shape index (κ1) is 13.4. The molecular weight excluding hydrogens is 252 g/mol. The fourth-order valence-electron chi connectivity index (χ4n) is 3.07. The molecule has 1 amide bonds. The third kappa shape index (κ3) is 2.96. The minimum Gasteiger partial charge on any atom is -0.378 e. The van der Waals surface area contributed by atoms with E-state index in [1.165, 1.54) is 5.56 Å². The monoisotopic (exact) mass is 274 g/mol. The van der Waals surface area contributed by atoms with Crippen LogP contribution in [0.2, 0.25) is 0 Å². The zero-order valence-electron chi connectivity index (χ0n) is 11.9. The quantitative estimate of drug-likeness (QED) is 0.868. The Labute approximate surface area is 119 Å². The molecule has 3 unspecified atom stereocenters. The van der Waals surface area contributed by atoms with Gasteiger partial charge in [0.25, 0.3) is 0 Å². The largest absolute Gasteiger partial charge is 0.378 e. The lowest BCUT2D eigenvalue weighted by Crippen LogP contribution is -2.48. The number of rotatable bonds is 2. The van der Waals surface area contributed by atoms with E-state index in [4.69, 9.17) is 4.74 Å². The summed E-state index contributed by atoms with van der Waals surface area (Å²) in [6.45, 7) is 2.81. The number of amides is 1. The third-order valence-corrected chi connectivity index (χ3v) is 4.20. The topological polar surface area (TPSA) is 50.4 Å². The Bertz CT molecular complexity index is 489. The number of aryl methyl sites for hydroxylation is 1. The number of anilines is 1. The molecule has 3 atom stereocenters. The van der Waals surface area contributed by atoms with Crippen molar-refractivity contribution in [2.75, 3.05) is 11.9 Å². The van der Waals surface area contributed by atoms with Crippen molar-refractivity contribution in [3.05, 3.63) is 29.8 Å². The molecule has 0 spiro atoms. The van der Waals surface area contributed by atoms with Crippen LogP contribution in [0.5, 0.6) is 0 Å². The van der Waals surface area contributed by atoms with Crippen LogP contribution in [-0.4, -0.2) is 30.7 Å². The molecule has 0 bridgehead atoms. The van der Waals surface area contributed by atoms with Gasteiger partial charge in [0, 0.05) is 18.3 Å². The molecule has 0 aromatic heterocycles. The molecule has 2 N–H and O–H groups in total. The van der Waals surface area contributed by atoms with E-state index in [-0.39, 0.29) is 24.1 Å². The van der Waals surface area contributed by atoms with Crippen LogP contribution in [0.3, 0.4) is 0 Å². The van der Waals surface area contributed by atoms with Crippen molar-refractivity contribution in [2.45, 2.75) is 50.8 Å². The van der Waals surface area contributed by atoms with Crippen LogP contribution < -0.4 is 10.6 Å². The van der Waals surface area contributed by atoms with Crippen LogP contribution in [-0.2, 0) is 16.0 Å². The second kappa shape index (κ2) is 5.83.